The van der Waals surface area contributed by atoms with Gasteiger partial charge in [0.25, 0.3) is 10.0 Å². The average Bonchev–Trinajstić information content (AvgIpc) is 2.47. The first-order valence-corrected chi connectivity index (χ1v) is 8.17. The molecule has 8 heteroatoms. The number of nitrogens with two attached hydrogens (primary N) is 1. The van der Waals surface area contributed by atoms with Crippen LogP contribution >= 0.6 is 0 Å². The van der Waals surface area contributed by atoms with E-state index in [9.17, 15) is 8.42 Å². The van der Waals surface area contributed by atoms with Gasteiger partial charge < -0.3 is 10.3 Å². The summed E-state index contributed by atoms with van der Waals surface area (Å²) in [6, 6.07) is 3.19. The number of pyridine rings is 1. The molecule has 114 valence electrons. The van der Waals surface area contributed by atoms with E-state index in [2.05, 4.69) is 33.9 Å². The van der Waals surface area contributed by atoms with E-state index >= 15 is 0 Å². The molecule has 0 amide bonds. The Morgan fingerprint density at radius 2 is 2.05 bits per heavy atom. The van der Waals surface area contributed by atoms with Gasteiger partial charge in [-0.25, -0.2) is 18.1 Å². The topological polar surface area (TPSA) is 100 Å². The molecule has 0 saturated carbocycles. The summed E-state index contributed by atoms with van der Waals surface area (Å²) in [6.45, 7) is 7.33. The number of nitrogen functional groups attached to an aromatic ring is 1. The zero-order chi connectivity index (χ0) is 15.0. The number of nitrogens with zero attached hydrogens (tertiary/aromatic N) is 2. The monoisotopic (exact) mass is 301 g/mol. The quantitative estimate of drug-likeness (QED) is 0.346. The van der Waals surface area contributed by atoms with Crippen LogP contribution in [0.1, 0.15) is 20.3 Å². The van der Waals surface area contributed by atoms with Crippen molar-refractivity contribution in [1.82, 2.24) is 14.6 Å². The predicted octanol–water partition coefficient (Wildman–Crippen LogP) is 0.377. The van der Waals surface area contributed by atoms with E-state index in [1.165, 1.54) is 6.20 Å². The lowest BCUT2D eigenvalue weighted by Crippen LogP contribution is -2.31. The highest BCUT2D eigenvalue weighted by Gasteiger charge is 2.19. The van der Waals surface area contributed by atoms with Gasteiger partial charge in [0, 0.05) is 12.7 Å². The standard InChI is InChI=1S/C12H23N5O2S/c1-3-17(4-2)10-6-9-15-20(18,19)12-11(16-13)7-5-8-14-12/h5,7-8,15-16H,3-4,6,9-10,13H2,1-2H3. The highest BCUT2D eigenvalue weighted by atomic mass is 32.2. The molecule has 1 aromatic rings. The molecule has 0 spiro atoms. The lowest BCUT2D eigenvalue weighted by Gasteiger charge is -2.17. The average molecular weight is 301 g/mol. The smallest absolute Gasteiger partial charge is 0.260 e. The van der Waals surface area contributed by atoms with Crippen LogP contribution in [-0.4, -0.2) is 44.5 Å². The number of hydrogen-bond acceptors (Lipinski definition) is 6. The van der Waals surface area contributed by atoms with Crippen LogP contribution in [0.5, 0.6) is 0 Å². The summed E-state index contributed by atoms with van der Waals surface area (Å²) in [5, 5.41) is -0.0784. The summed E-state index contributed by atoms with van der Waals surface area (Å²) in [5.74, 6) is 5.29. The summed E-state index contributed by atoms with van der Waals surface area (Å²) < 4.78 is 26.8. The Bertz CT molecular complexity index is 502. The van der Waals surface area contributed by atoms with Crippen molar-refractivity contribution in [2.24, 2.45) is 5.84 Å². The Morgan fingerprint density at radius 1 is 1.35 bits per heavy atom. The van der Waals surface area contributed by atoms with E-state index < -0.39 is 10.0 Å². The number of sulfonamides is 1. The second kappa shape index (κ2) is 8.15. The summed E-state index contributed by atoms with van der Waals surface area (Å²) in [7, 11) is -3.64. The lowest BCUT2D eigenvalue weighted by atomic mass is 10.4. The van der Waals surface area contributed by atoms with Crippen molar-refractivity contribution >= 4 is 15.7 Å². The fourth-order valence-corrected chi connectivity index (χ4v) is 3.00. The van der Waals surface area contributed by atoms with Crippen LogP contribution in [0.15, 0.2) is 23.4 Å². The van der Waals surface area contributed by atoms with Gasteiger partial charge in [0.1, 0.15) is 0 Å². The van der Waals surface area contributed by atoms with Crippen LogP contribution in [0.25, 0.3) is 0 Å². The Labute approximate surface area is 120 Å². The molecule has 1 rings (SSSR count). The van der Waals surface area contributed by atoms with E-state index in [1.807, 2.05) is 0 Å². The molecule has 4 N–H and O–H groups in total. The molecule has 0 fully saturated rings. The molecule has 0 bridgehead atoms. The molecule has 0 atom stereocenters. The number of hydrogen-bond donors (Lipinski definition) is 3. The summed E-state index contributed by atoms with van der Waals surface area (Å²) in [5.41, 5.74) is 2.62. The third-order valence-electron chi connectivity index (χ3n) is 3.02. The van der Waals surface area contributed by atoms with Crippen molar-refractivity contribution in [1.29, 1.82) is 0 Å². The van der Waals surface area contributed by atoms with Crippen LogP contribution in [0.3, 0.4) is 0 Å². The van der Waals surface area contributed by atoms with Crippen molar-refractivity contribution in [2.45, 2.75) is 25.3 Å². The maximum absolute atomic E-state index is 12.1. The molecule has 0 unspecified atom stereocenters. The highest BCUT2D eigenvalue weighted by molar-refractivity contribution is 7.89. The lowest BCUT2D eigenvalue weighted by molar-refractivity contribution is 0.300. The summed E-state index contributed by atoms with van der Waals surface area (Å²) in [4.78, 5) is 6.10. The van der Waals surface area contributed by atoms with Crippen LogP contribution in [0, 0.1) is 0 Å². The van der Waals surface area contributed by atoms with Crippen LogP contribution in [0.2, 0.25) is 0 Å². The van der Waals surface area contributed by atoms with Crippen molar-refractivity contribution < 1.29 is 8.42 Å². The first-order chi connectivity index (χ1) is 9.55. The highest BCUT2D eigenvalue weighted by Crippen LogP contribution is 2.16. The van der Waals surface area contributed by atoms with Crippen molar-refractivity contribution in [2.75, 3.05) is 31.6 Å². The minimum Gasteiger partial charge on any atom is -0.321 e. The molecule has 20 heavy (non-hydrogen) atoms. The van der Waals surface area contributed by atoms with Gasteiger partial charge in [-0.15, -0.1) is 0 Å². The Hall–Kier alpha value is -1.22. The molecule has 7 nitrogen and oxygen atoms in total. The minimum atomic E-state index is -3.64. The van der Waals surface area contributed by atoms with Gasteiger partial charge in [-0.3, -0.25) is 5.84 Å². The van der Waals surface area contributed by atoms with Gasteiger partial charge in [0.05, 0.1) is 5.69 Å². The van der Waals surface area contributed by atoms with Gasteiger partial charge in [-0.05, 0) is 38.2 Å². The van der Waals surface area contributed by atoms with Gasteiger partial charge >= 0.3 is 0 Å². The molecule has 0 radical (unpaired) electrons. The molecule has 0 saturated heterocycles. The van der Waals surface area contributed by atoms with E-state index in [1.54, 1.807) is 12.1 Å². The number of rotatable bonds is 9. The second-order valence-corrected chi connectivity index (χ2v) is 5.96. The SMILES string of the molecule is CCN(CC)CCCNS(=O)(=O)c1ncccc1NN. The first-order valence-electron chi connectivity index (χ1n) is 6.68. The third kappa shape index (κ3) is 4.71. The third-order valence-corrected chi connectivity index (χ3v) is 4.44. The molecule has 1 heterocycles. The Balaban J connectivity index is 2.58. The predicted molar refractivity (Wildman–Crippen MR) is 79.6 cm³/mol. The molecular weight excluding hydrogens is 278 g/mol. The van der Waals surface area contributed by atoms with Gasteiger partial charge in [-0.1, -0.05) is 13.8 Å². The first kappa shape index (κ1) is 16.8. The van der Waals surface area contributed by atoms with Gasteiger partial charge in [0.15, 0.2) is 5.03 Å². The van der Waals surface area contributed by atoms with Crippen molar-refractivity contribution in [3.8, 4) is 0 Å². The molecular formula is C12H23N5O2S. The molecule has 0 aliphatic heterocycles. The maximum Gasteiger partial charge on any atom is 0.260 e. The van der Waals surface area contributed by atoms with E-state index in [0.717, 1.165) is 26.1 Å². The van der Waals surface area contributed by atoms with Crippen molar-refractivity contribution in [3.05, 3.63) is 18.3 Å². The minimum absolute atomic E-state index is 0.0784. The van der Waals surface area contributed by atoms with E-state index in [-0.39, 0.29) is 10.7 Å². The molecule has 0 aliphatic rings. The van der Waals surface area contributed by atoms with Crippen molar-refractivity contribution in [3.63, 3.8) is 0 Å². The van der Waals surface area contributed by atoms with E-state index in [4.69, 9.17) is 5.84 Å². The number of hydrazine groups is 1. The van der Waals surface area contributed by atoms with Crippen LogP contribution in [0.4, 0.5) is 5.69 Å². The Kier molecular flexibility index (Phi) is 6.86. The largest absolute Gasteiger partial charge is 0.321 e. The maximum atomic E-state index is 12.1. The number of anilines is 1. The fraction of sp³-hybridized carbons (Fsp3) is 0.583. The van der Waals surface area contributed by atoms with E-state index in [0.29, 0.717) is 6.54 Å². The van der Waals surface area contributed by atoms with Gasteiger partial charge in [0.2, 0.25) is 0 Å². The number of nitrogens with one attached hydrogen (secondary N) is 2. The summed E-state index contributed by atoms with van der Waals surface area (Å²) in [6.07, 6.45) is 2.17. The zero-order valence-electron chi connectivity index (χ0n) is 12.0. The summed E-state index contributed by atoms with van der Waals surface area (Å²) >= 11 is 0. The van der Waals surface area contributed by atoms with Crippen LogP contribution < -0.4 is 16.0 Å². The molecule has 1 aromatic heterocycles. The normalized spacial score (nSPS) is 11.8. The number of aromatic nitrogens is 1. The zero-order valence-corrected chi connectivity index (χ0v) is 12.8. The molecule has 0 aromatic carbocycles. The fourth-order valence-electron chi connectivity index (χ4n) is 1.83. The second-order valence-electron chi connectivity index (χ2n) is 4.28. The van der Waals surface area contributed by atoms with Gasteiger partial charge in [-0.2, -0.15) is 0 Å². The van der Waals surface area contributed by atoms with Crippen LogP contribution in [-0.2, 0) is 10.0 Å². The Morgan fingerprint density at radius 3 is 2.65 bits per heavy atom. The molecule has 0 aliphatic carbocycles.